The maximum Gasteiger partial charge on any atom is 0.254 e. The van der Waals surface area contributed by atoms with Gasteiger partial charge in [-0.2, -0.15) is 0 Å². The Labute approximate surface area is 199 Å². The molecule has 0 radical (unpaired) electrons. The van der Waals surface area contributed by atoms with Crippen LogP contribution in [0.1, 0.15) is 47.7 Å². The second-order valence-electron chi connectivity index (χ2n) is 9.84. The summed E-state index contributed by atoms with van der Waals surface area (Å²) in [7, 11) is 0. The first kappa shape index (κ1) is 23.6. The van der Waals surface area contributed by atoms with E-state index < -0.39 is 0 Å². The standard InChI is InChI=1S/C28H39N3O2/c1-22-7-8-24(3)27(20-22)28(32)31-17-15-30(16-18-31)25-9-11-26(12-10-25)33-19-5-14-29-13-4-6-23(2)21-29/h7-12,20,23H,4-6,13-19,21H2,1-3H3. The van der Waals surface area contributed by atoms with Gasteiger partial charge in [0.25, 0.3) is 5.91 Å². The van der Waals surface area contributed by atoms with Gasteiger partial charge in [0.2, 0.25) is 0 Å². The molecule has 2 fully saturated rings. The molecule has 4 rings (SSSR count). The van der Waals surface area contributed by atoms with E-state index >= 15 is 0 Å². The molecule has 2 saturated heterocycles. The fraction of sp³-hybridized carbons (Fsp3) is 0.536. The van der Waals surface area contributed by atoms with Gasteiger partial charge in [-0.1, -0.05) is 24.6 Å². The maximum absolute atomic E-state index is 13.0. The quantitative estimate of drug-likeness (QED) is 0.571. The molecule has 5 nitrogen and oxygen atoms in total. The number of hydrogen-bond donors (Lipinski definition) is 0. The second kappa shape index (κ2) is 11.1. The zero-order valence-electron chi connectivity index (χ0n) is 20.6. The zero-order valence-corrected chi connectivity index (χ0v) is 20.6. The summed E-state index contributed by atoms with van der Waals surface area (Å²) in [6.07, 6.45) is 3.78. The number of nitrogens with zero attached hydrogens (tertiary/aromatic N) is 3. The first-order valence-electron chi connectivity index (χ1n) is 12.6. The Morgan fingerprint density at radius 2 is 1.76 bits per heavy atom. The summed E-state index contributed by atoms with van der Waals surface area (Å²) < 4.78 is 5.99. The van der Waals surface area contributed by atoms with Crippen molar-refractivity contribution in [3.63, 3.8) is 0 Å². The van der Waals surface area contributed by atoms with Crippen molar-refractivity contribution < 1.29 is 9.53 Å². The van der Waals surface area contributed by atoms with Gasteiger partial charge in [-0.15, -0.1) is 0 Å². The normalized spacial score (nSPS) is 19.5. The van der Waals surface area contributed by atoms with Crippen LogP contribution in [0.4, 0.5) is 5.69 Å². The number of ether oxygens (including phenoxy) is 1. The number of rotatable bonds is 7. The van der Waals surface area contributed by atoms with Crippen LogP contribution in [0.15, 0.2) is 42.5 Å². The van der Waals surface area contributed by atoms with Crippen molar-refractivity contribution >= 4 is 11.6 Å². The van der Waals surface area contributed by atoms with E-state index in [-0.39, 0.29) is 5.91 Å². The van der Waals surface area contributed by atoms with E-state index in [1.165, 1.54) is 31.6 Å². The topological polar surface area (TPSA) is 36.0 Å². The number of hydrogen-bond acceptors (Lipinski definition) is 4. The third-order valence-corrected chi connectivity index (χ3v) is 7.02. The average Bonchev–Trinajstić information content (AvgIpc) is 2.83. The molecular formula is C28H39N3O2. The largest absolute Gasteiger partial charge is 0.494 e. The lowest BCUT2D eigenvalue weighted by atomic mass is 10.0. The molecule has 0 spiro atoms. The Bertz CT molecular complexity index is 919. The molecule has 1 amide bonds. The van der Waals surface area contributed by atoms with Crippen molar-refractivity contribution in [2.75, 3.05) is 57.3 Å². The van der Waals surface area contributed by atoms with Crippen LogP contribution in [0.5, 0.6) is 5.75 Å². The minimum atomic E-state index is 0.151. The van der Waals surface area contributed by atoms with E-state index in [2.05, 4.69) is 47.1 Å². The molecule has 2 aliphatic heterocycles. The number of anilines is 1. The van der Waals surface area contributed by atoms with Crippen LogP contribution in [0, 0.1) is 19.8 Å². The Hall–Kier alpha value is -2.53. The van der Waals surface area contributed by atoms with Gasteiger partial charge < -0.3 is 19.4 Å². The molecule has 5 heteroatoms. The minimum absolute atomic E-state index is 0.151. The molecule has 2 heterocycles. The zero-order chi connectivity index (χ0) is 23.2. The third kappa shape index (κ3) is 6.29. The van der Waals surface area contributed by atoms with Gasteiger partial charge in [-0.05, 0) is 81.5 Å². The number of carbonyl (C=O) groups excluding carboxylic acids is 1. The molecule has 0 aromatic heterocycles. The molecule has 2 aliphatic rings. The van der Waals surface area contributed by atoms with Crippen molar-refractivity contribution in [2.24, 2.45) is 5.92 Å². The van der Waals surface area contributed by atoms with Crippen molar-refractivity contribution in [2.45, 2.75) is 40.0 Å². The van der Waals surface area contributed by atoms with Gasteiger partial charge >= 0.3 is 0 Å². The highest BCUT2D eigenvalue weighted by atomic mass is 16.5. The number of piperazine rings is 1. The first-order valence-corrected chi connectivity index (χ1v) is 12.6. The number of amides is 1. The number of piperidine rings is 1. The number of aryl methyl sites for hydroxylation is 2. The van der Waals surface area contributed by atoms with Gasteiger partial charge in [0, 0.05) is 50.5 Å². The van der Waals surface area contributed by atoms with Crippen molar-refractivity contribution in [3.05, 3.63) is 59.2 Å². The summed E-state index contributed by atoms with van der Waals surface area (Å²) >= 11 is 0. The molecule has 0 bridgehead atoms. The average molecular weight is 450 g/mol. The van der Waals surface area contributed by atoms with E-state index in [9.17, 15) is 4.79 Å². The molecule has 2 aromatic carbocycles. The Kier molecular flexibility index (Phi) is 7.92. The lowest BCUT2D eigenvalue weighted by Gasteiger charge is -2.36. The highest BCUT2D eigenvalue weighted by Gasteiger charge is 2.23. The van der Waals surface area contributed by atoms with Gasteiger partial charge in [0.1, 0.15) is 5.75 Å². The summed E-state index contributed by atoms with van der Waals surface area (Å²) in [5.74, 6) is 1.92. The molecule has 178 valence electrons. The number of benzene rings is 2. The Balaban J connectivity index is 1.21. The summed E-state index contributed by atoms with van der Waals surface area (Å²) in [6.45, 7) is 14.0. The fourth-order valence-electron chi connectivity index (χ4n) is 5.03. The van der Waals surface area contributed by atoms with E-state index in [4.69, 9.17) is 4.74 Å². The van der Waals surface area contributed by atoms with Crippen molar-refractivity contribution in [3.8, 4) is 5.75 Å². The molecule has 1 unspecified atom stereocenters. The predicted octanol–water partition coefficient (Wildman–Crippen LogP) is 4.77. The third-order valence-electron chi connectivity index (χ3n) is 7.02. The van der Waals surface area contributed by atoms with Gasteiger partial charge in [-0.3, -0.25) is 4.79 Å². The van der Waals surface area contributed by atoms with Crippen LogP contribution in [-0.2, 0) is 0 Å². The molecular weight excluding hydrogens is 410 g/mol. The SMILES string of the molecule is Cc1ccc(C)c(C(=O)N2CCN(c3ccc(OCCCN4CCCC(C)C4)cc3)CC2)c1. The van der Waals surface area contributed by atoms with Crippen LogP contribution < -0.4 is 9.64 Å². The summed E-state index contributed by atoms with van der Waals surface area (Å²) in [5, 5.41) is 0. The van der Waals surface area contributed by atoms with Crippen LogP contribution in [-0.4, -0.2) is 68.1 Å². The van der Waals surface area contributed by atoms with Crippen LogP contribution in [0.3, 0.4) is 0 Å². The van der Waals surface area contributed by atoms with E-state index in [0.717, 1.165) is 74.1 Å². The van der Waals surface area contributed by atoms with Crippen LogP contribution >= 0.6 is 0 Å². The van der Waals surface area contributed by atoms with E-state index in [0.29, 0.717) is 0 Å². The molecule has 0 aliphatic carbocycles. The molecule has 33 heavy (non-hydrogen) atoms. The molecule has 0 saturated carbocycles. The van der Waals surface area contributed by atoms with Crippen molar-refractivity contribution in [1.29, 1.82) is 0 Å². The lowest BCUT2D eigenvalue weighted by Crippen LogP contribution is -2.49. The van der Waals surface area contributed by atoms with Gasteiger partial charge in [0.05, 0.1) is 6.61 Å². The van der Waals surface area contributed by atoms with E-state index in [1.807, 2.05) is 30.9 Å². The van der Waals surface area contributed by atoms with Crippen LogP contribution in [0.25, 0.3) is 0 Å². The Morgan fingerprint density at radius 1 is 1.00 bits per heavy atom. The smallest absolute Gasteiger partial charge is 0.254 e. The highest BCUT2D eigenvalue weighted by molar-refractivity contribution is 5.96. The molecule has 1 atom stereocenters. The Morgan fingerprint density at radius 3 is 2.48 bits per heavy atom. The van der Waals surface area contributed by atoms with Gasteiger partial charge in [0.15, 0.2) is 0 Å². The summed E-state index contributed by atoms with van der Waals surface area (Å²) in [4.78, 5) is 19.9. The van der Waals surface area contributed by atoms with Crippen LogP contribution in [0.2, 0.25) is 0 Å². The minimum Gasteiger partial charge on any atom is -0.494 e. The molecule has 0 N–H and O–H groups in total. The number of likely N-dealkylation sites (tertiary alicyclic amines) is 1. The monoisotopic (exact) mass is 449 g/mol. The van der Waals surface area contributed by atoms with E-state index in [1.54, 1.807) is 0 Å². The second-order valence-corrected chi connectivity index (χ2v) is 9.84. The maximum atomic E-state index is 13.0. The summed E-state index contributed by atoms with van der Waals surface area (Å²) in [5.41, 5.74) is 4.21. The number of carbonyl (C=O) groups is 1. The fourth-order valence-corrected chi connectivity index (χ4v) is 5.03. The highest BCUT2D eigenvalue weighted by Crippen LogP contribution is 2.22. The van der Waals surface area contributed by atoms with Gasteiger partial charge in [-0.25, -0.2) is 0 Å². The van der Waals surface area contributed by atoms with Crippen molar-refractivity contribution in [1.82, 2.24) is 9.80 Å². The lowest BCUT2D eigenvalue weighted by molar-refractivity contribution is 0.0746. The first-order chi connectivity index (χ1) is 16.0. The predicted molar refractivity (Wildman–Crippen MR) is 135 cm³/mol. The molecule has 2 aromatic rings. The summed E-state index contributed by atoms with van der Waals surface area (Å²) in [6, 6.07) is 14.5.